The second-order valence-electron chi connectivity index (χ2n) is 0.283. The minimum atomic E-state index is -3.13. The van der Waals surface area contributed by atoms with E-state index in [0.717, 1.165) is 0 Å². The summed E-state index contributed by atoms with van der Waals surface area (Å²) in [7, 11) is -3.13. The van der Waals surface area contributed by atoms with Crippen LogP contribution in [0.2, 0.25) is 0 Å². The van der Waals surface area contributed by atoms with E-state index in [1.165, 1.54) is 0 Å². The second kappa shape index (κ2) is 144. The summed E-state index contributed by atoms with van der Waals surface area (Å²) >= 11 is 0. The molecule has 0 unspecified atom stereocenters. The standard InChI is InChI=1S/20Na.H2O3Si.20H/c;;;;;;;;;;;;;;;;;;;;1-4(2)3;;;;;;;;;;;;;;;;;;;;/h;;;;;;;;;;;;;;;;;;;;1-2H;;;;;;;;;;;;;;;;;;;;/q20*+1;;20*-1. The van der Waals surface area contributed by atoms with Crippen LogP contribution in [0.15, 0.2) is 0 Å². The zero-order chi connectivity index (χ0) is 3.58. The van der Waals surface area contributed by atoms with Crippen molar-refractivity contribution in [1.29, 1.82) is 0 Å². The topological polar surface area (TPSA) is 57.5 Å². The fourth-order valence-electron chi connectivity index (χ4n) is 0. The van der Waals surface area contributed by atoms with Gasteiger partial charge in [-0.05, 0) is 0 Å². The van der Waals surface area contributed by atoms with Crippen molar-refractivity contribution < 1.29 is 634 Å². The molecule has 0 aliphatic heterocycles. The SMILES string of the molecule is O=[Si](O)O.[H-].[H-].[H-].[H-].[H-].[H-].[H-].[H-].[H-].[H-].[H-].[H-].[H-].[H-].[H-].[H-].[H-].[H-].[H-].[H-].[Na+].[Na+].[Na+].[Na+].[Na+].[Na+].[Na+].[Na+].[Na+].[Na+].[Na+].[Na+].[Na+].[Na+].[Na+].[Na+].[Na+].[Na+].[Na+].[Na+]. The Morgan fingerprint density at radius 1 is 0.333 bits per heavy atom. The molecule has 0 aliphatic rings. The summed E-state index contributed by atoms with van der Waals surface area (Å²) in [5.41, 5.74) is 0. The van der Waals surface area contributed by atoms with Crippen molar-refractivity contribution in [3.63, 3.8) is 0 Å². The summed E-state index contributed by atoms with van der Waals surface area (Å²) < 4.78 is 8.74. The van der Waals surface area contributed by atoms with Crippen molar-refractivity contribution in [2.75, 3.05) is 0 Å². The Balaban J connectivity index is -0.0000000000577. The molecular weight excluding hydrogens is 536 g/mol. The van der Waals surface area contributed by atoms with Crippen LogP contribution >= 0.6 is 0 Å². The first kappa shape index (κ1) is 155. The third-order valence-corrected chi connectivity index (χ3v) is 0. The third-order valence-electron chi connectivity index (χ3n) is 0. The van der Waals surface area contributed by atoms with Gasteiger partial charge in [0.2, 0.25) is 0 Å². The molecule has 0 rings (SSSR count). The Morgan fingerprint density at radius 2 is 0.333 bits per heavy atom. The van der Waals surface area contributed by atoms with Crippen molar-refractivity contribution in [2.45, 2.75) is 0 Å². The predicted octanol–water partition coefficient (Wildman–Crippen LogP) is -59.3. The van der Waals surface area contributed by atoms with E-state index in [0.29, 0.717) is 0 Å². The Labute approximate surface area is 622 Å². The summed E-state index contributed by atoms with van der Waals surface area (Å²) in [5.74, 6) is 0. The maximum absolute atomic E-state index is 8.74. The van der Waals surface area contributed by atoms with Crippen molar-refractivity contribution in [3.8, 4) is 0 Å². The normalized spacial score (nSPS) is 1.00. The fraction of sp³-hybridized carbons (Fsp3) is 0. The minimum absolute atomic E-state index is 0. The van der Waals surface area contributed by atoms with Gasteiger partial charge in [-0.3, -0.25) is 4.46 Å². The molecule has 0 saturated carbocycles. The Kier molecular flexibility index (Phi) is 931. The molecule has 0 aromatic heterocycles. The molecule has 0 heterocycles. The van der Waals surface area contributed by atoms with Gasteiger partial charge in [-0.1, -0.05) is 0 Å². The van der Waals surface area contributed by atoms with Crippen LogP contribution in [0.3, 0.4) is 0 Å². The summed E-state index contributed by atoms with van der Waals surface area (Å²) in [6, 6.07) is 0. The first-order chi connectivity index (χ1) is 1.73. The van der Waals surface area contributed by atoms with Gasteiger partial charge in [-0.25, -0.2) is 0 Å². The van der Waals surface area contributed by atoms with Gasteiger partial charge in [0.05, 0.1) is 0 Å². The molecule has 2 N–H and O–H groups in total. The van der Waals surface area contributed by atoms with Crippen LogP contribution in [0, 0.1) is 0 Å². The summed E-state index contributed by atoms with van der Waals surface area (Å²) in [4.78, 5) is 14.3. The zero-order valence-electron chi connectivity index (χ0n) is 41.8. The maximum Gasteiger partial charge on any atom is 1.00 e. The van der Waals surface area contributed by atoms with E-state index in [1.54, 1.807) is 0 Å². The first-order valence-electron chi connectivity index (χ1n) is 0.651. The molecule has 64 valence electrons. The maximum atomic E-state index is 8.74. The van der Waals surface area contributed by atoms with E-state index < -0.39 is 9.17 Å². The van der Waals surface area contributed by atoms with Crippen LogP contribution in [-0.2, 0) is 4.46 Å². The summed E-state index contributed by atoms with van der Waals surface area (Å²) in [5, 5.41) is 0. The van der Waals surface area contributed by atoms with E-state index in [2.05, 4.69) is 0 Å². The van der Waals surface area contributed by atoms with E-state index in [-0.39, 0.29) is 620 Å². The second-order valence-corrected chi connectivity index (χ2v) is 0.848. The van der Waals surface area contributed by atoms with E-state index in [4.69, 9.17) is 14.1 Å². The van der Waals surface area contributed by atoms with Gasteiger partial charge in [0.1, 0.15) is 0 Å². The third kappa shape index (κ3) is 178. The molecule has 24 heteroatoms. The zero-order valence-corrected chi connectivity index (χ0v) is 62.8. The van der Waals surface area contributed by atoms with E-state index in [1.807, 2.05) is 0 Å². The molecular formula is H22Na20O3Si. The Hall–Kier alpha value is 19.6. The van der Waals surface area contributed by atoms with E-state index >= 15 is 0 Å². The summed E-state index contributed by atoms with van der Waals surface area (Å²) in [6.45, 7) is 0. The van der Waals surface area contributed by atoms with Crippen LogP contribution in [0.5, 0.6) is 0 Å². The van der Waals surface area contributed by atoms with Crippen molar-refractivity contribution in [2.24, 2.45) is 0 Å². The van der Waals surface area contributed by atoms with Gasteiger partial charge in [0.25, 0.3) is 0 Å². The molecule has 0 aromatic carbocycles. The van der Waals surface area contributed by atoms with Gasteiger partial charge < -0.3 is 38.1 Å². The monoisotopic (exact) mass is 558 g/mol. The van der Waals surface area contributed by atoms with E-state index in [9.17, 15) is 0 Å². The minimum Gasteiger partial charge on any atom is -1.00 e. The molecule has 0 spiro atoms. The first-order valence-corrected chi connectivity index (χ1v) is 1.95. The molecule has 0 radical (unpaired) electrons. The van der Waals surface area contributed by atoms with Crippen molar-refractivity contribution >= 4 is 9.17 Å². The fourth-order valence-corrected chi connectivity index (χ4v) is 0. The molecule has 0 aliphatic carbocycles. The van der Waals surface area contributed by atoms with Gasteiger partial charge in [-0.2, -0.15) is 0 Å². The average Bonchev–Trinajstić information content (AvgIpc) is 0.811. The van der Waals surface area contributed by atoms with Gasteiger partial charge >= 0.3 is 600 Å². The number of hydrogen-bond donors (Lipinski definition) is 2. The Bertz CT molecular complexity index is 85.6. The van der Waals surface area contributed by atoms with Crippen LogP contribution in [-0.4, -0.2) is 18.8 Å². The average molecular weight is 558 g/mol. The molecule has 0 saturated heterocycles. The molecule has 0 fully saturated rings. The number of rotatable bonds is 0. The smallest absolute Gasteiger partial charge is 1.00 e. The molecule has 0 aromatic rings. The van der Waals surface area contributed by atoms with Crippen molar-refractivity contribution in [1.82, 2.24) is 0 Å². The van der Waals surface area contributed by atoms with Crippen LogP contribution in [0.1, 0.15) is 28.5 Å². The predicted molar refractivity (Wildman–Crippen MR) is 33.1 cm³/mol. The molecule has 0 amide bonds. The van der Waals surface area contributed by atoms with Crippen LogP contribution < -0.4 is 591 Å². The molecule has 24 heavy (non-hydrogen) atoms. The Morgan fingerprint density at radius 3 is 0.333 bits per heavy atom. The van der Waals surface area contributed by atoms with Crippen molar-refractivity contribution in [3.05, 3.63) is 0 Å². The largest absolute Gasteiger partial charge is 1.00 e. The summed E-state index contributed by atoms with van der Waals surface area (Å²) in [6.07, 6.45) is 0. The van der Waals surface area contributed by atoms with Gasteiger partial charge in [-0.15, -0.1) is 0 Å². The molecule has 0 atom stereocenters. The van der Waals surface area contributed by atoms with Gasteiger partial charge in [0, 0.05) is 0 Å². The van der Waals surface area contributed by atoms with Gasteiger partial charge in [0.15, 0.2) is 0 Å². The van der Waals surface area contributed by atoms with Crippen LogP contribution in [0.25, 0.3) is 0 Å². The number of hydrogen-bond acceptors (Lipinski definition) is 1. The molecule has 3 nitrogen and oxygen atoms in total. The van der Waals surface area contributed by atoms with Crippen LogP contribution in [0.4, 0.5) is 0 Å². The quantitative estimate of drug-likeness (QED) is 0.291. The molecule has 0 bridgehead atoms.